The maximum atomic E-state index is 12.4. The topological polar surface area (TPSA) is 87.1 Å². The minimum absolute atomic E-state index is 0.194. The number of amides is 1. The fourth-order valence-electron chi connectivity index (χ4n) is 2.15. The number of hydrogen-bond acceptors (Lipinski definition) is 4. The lowest BCUT2D eigenvalue weighted by molar-refractivity contribution is -0.142. The molecule has 1 aliphatic rings. The largest absolute Gasteiger partial charge is 0.480 e. The summed E-state index contributed by atoms with van der Waals surface area (Å²) < 4.78 is 5.63. The van der Waals surface area contributed by atoms with Gasteiger partial charge in [-0.2, -0.15) is 0 Å². The van der Waals surface area contributed by atoms with Gasteiger partial charge in [-0.1, -0.05) is 6.07 Å². The standard InChI is InChI=1S/C14H17NO5/c1-8(12(17)18)15-10-6-9(7-16)4-5-11(10)20-14(2,3)13(15)19/h4-6,8,16H,7H2,1-3H3,(H,17,18). The monoisotopic (exact) mass is 279 g/mol. The van der Waals surface area contributed by atoms with Crippen LogP contribution in [0.1, 0.15) is 26.3 Å². The van der Waals surface area contributed by atoms with E-state index in [9.17, 15) is 19.8 Å². The van der Waals surface area contributed by atoms with Crippen LogP contribution < -0.4 is 9.64 Å². The van der Waals surface area contributed by atoms with Crippen molar-refractivity contribution >= 4 is 17.6 Å². The Labute approximate surface area is 116 Å². The zero-order valence-electron chi connectivity index (χ0n) is 11.6. The molecular weight excluding hydrogens is 262 g/mol. The van der Waals surface area contributed by atoms with Crippen LogP contribution in [0.15, 0.2) is 18.2 Å². The number of aliphatic carboxylic acids is 1. The van der Waals surface area contributed by atoms with Crippen molar-refractivity contribution in [1.29, 1.82) is 0 Å². The molecule has 0 spiro atoms. The maximum absolute atomic E-state index is 12.4. The van der Waals surface area contributed by atoms with Gasteiger partial charge in [0.15, 0.2) is 5.60 Å². The van der Waals surface area contributed by atoms with Crippen molar-refractivity contribution in [2.24, 2.45) is 0 Å². The molecule has 0 radical (unpaired) electrons. The van der Waals surface area contributed by atoms with Crippen LogP contribution in [0.25, 0.3) is 0 Å². The number of benzene rings is 1. The third-order valence-electron chi connectivity index (χ3n) is 3.31. The van der Waals surface area contributed by atoms with Crippen molar-refractivity contribution in [1.82, 2.24) is 0 Å². The highest BCUT2D eigenvalue weighted by Gasteiger charge is 2.44. The Bertz CT molecular complexity index is 567. The van der Waals surface area contributed by atoms with E-state index in [1.165, 1.54) is 11.8 Å². The second kappa shape index (κ2) is 4.79. The fraction of sp³-hybridized carbons (Fsp3) is 0.429. The Morgan fingerprint density at radius 3 is 2.65 bits per heavy atom. The lowest BCUT2D eigenvalue weighted by Crippen LogP contribution is -2.57. The molecule has 0 saturated heterocycles. The Morgan fingerprint density at radius 2 is 2.10 bits per heavy atom. The quantitative estimate of drug-likeness (QED) is 0.867. The number of hydrogen-bond donors (Lipinski definition) is 2. The summed E-state index contributed by atoms with van der Waals surface area (Å²) in [6.45, 7) is 4.44. The van der Waals surface area contributed by atoms with Gasteiger partial charge in [0.05, 0.1) is 12.3 Å². The van der Waals surface area contributed by atoms with Crippen molar-refractivity contribution in [3.8, 4) is 5.75 Å². The van der Waals surface area contributed by atoms with Gasteiger partial charge in [-0.25, -0.2) is 4.79 Å². The number of anilines is 1. The minimum Gasteiger partial charge on any atom is -0.480 e. The van der Waals surface area contributed by atoms with Gasteiger partial charge < -0.3 is 14.9 Å². The molecule has 1 aliphatic heterocycles. The van der Waals surface area contributed by atoms with Crippen LogP contribution in [0.2, 0.25) is 0 Å². The second-order valence-corrected chi connectivity index (χ2v) is 5.26. The van der Waals surface area contributed by atoms with Crippen molar-refractivity contribution in [2.45, 2.75) is 39.0 Å². The lowest BCUT2D eigenvalue weighted by Gasteiger charge is -2.40. The van der Waals surface area contributed by atoms with Crippen LogP contribution in [0.3, 0.4) is 0 Å². The van der Waals surface area contributed by atoms with Gasteiger partial charge in [0.1, 0.15) is 11.8 Å². The zero-order valence-corrected chi connectivity index (χ0v) is 11.6. The summed E-state index contributed by atoms with van der Waals surface area (Å²) in [6.07, 6.45) is 0. The van der Waals surface area contributed by atoms with Crippen LogP contribution >= 0.6 is 0 Å². The van der Waals surface area contributed by atoms with E-state index in [1.807, 2.05) is 0 Å². The number of fused-ring (bicyclic) bond motifs is 1. The maximum Gasteiger partial charge on any atom is 0.326 e. The summed E-state index contributed by atoms with van der Waals surface area (Å²) in [6, 6.07) is 3.87. The third-order valence-corrected chi connectivity index (χ3v) is 3.31. The highest BCUT2D eigenvalue weighted by atomic mass is 16.5. The first-order chi connectivity index (χ1) is 9.27. The molecular formula is C14H17NO5. The number of ether oxygens (including phenoxy) is 1. The predicted octanol–water partition coefficient (Wildman–Crippen LogP) is 1.16. The molecule has 0 saturated carbocycles. The SMILES string of the molecule is CC(C(=O)O)N1C(=O)C(C)(C)Oc2ccc(CO)cc21. The van der Waals surface area contributed by atoms with E-state index < -0.39 is 23.5 Å². The van der Waals surface area contributed by atoms with Gasteiger partial charge in [-0.05, 0) is 38.5 Å². The summed E-state index contributed by atoms with van der Waals surface area (Å²) in [5.41, 5.74) is -0.171. The van der Waals surface area contributed by atoms with E-state index in [4.69, 9.17) is 4.74 Å². The number of carbonyl (C=O) groups excluding carboxylic acids is 1. The summed E-state index contributed by atoms with van der Waals surface area (Å²) in [5, 5.41) is 18.4. The normalized spacial score (nSPS) is 18.2. The molecule has 1 aromatic rings. The van der Waals surface area contributed by atoms with Crippen LogP contribution in [-0.4, -0.2) is 33.7 Å². The predicted molar refractivity (Wildman–Crippen MR) is 71.7 cm³/mol. The van der Waals surface area contributed by atoms with Crippen LogP contribution in [0.4, 0.5) is 5.69 Å². The summed E-state index contributed by atoms with van der Waals surface area (Å²) in [7, 11) is 0. The van der Waals surface area contributed by atoms with E-state index in [1.54, 1.807) is 32.0 Å². The van der Waals surface area contributed by atoms with Gasteiger partial charge in [-0.3, -0.25) is 9.69 Å². The Morgan fingerprint density at radius 1 is 1.45 bits per heavy atom. The summed E-state index contributed by atoms with van der Waals surface area (Å²) >= 11 is 0. The Kier molecular flexibility index (Phi) is 3.43. The van der Waals surface area contributed by atoms with Crippen LogP contribution in [-0.2, 0) is 16.2 Å². The number of carboxylic acids is 1. The Hall–Kier alpha value is -2.08. The number of carboxylic acid groups (broad SMARTS) is 1. The molecule has 6 heteroatoms. The average Bonchev–Trinajstić information content (AvgIpc) is 2.38. The van der Waals surface area contributed by atoms with Crippen molar-refractivity contribution in [2.75, 3.05) is 4.90 Å². The lowest BCUT2D eigenvalue weighted by atomic mass is 10.0. The molecule has 2 N–H and O–H groups in total. The van der Waals surface area contributed by atoms with Crippen LogP contribution in [0, 0.1) is 0 Å². The van der Waals surface area contributed by atoms with Crippen molar-refractivity contribution < 1.29 is 24.5 Å². The van der Waals surface area contributed by atoms with Crippen molar-refractivity contribution in [3.63, 3.8) is 0 Å². The number of aliphatic hydroxyl groups excluding tert-OH is 1. The fourth-order valence-corrected chi connectivity index (χ4v) is 2.15. The number of carbonyl (C=O) groups is 2. The molecule has 1 atom stereocenters. The molecule has 6 nitrogen and oxygen atoms in total. The van der Waals surface area contributed by atoms with Gasteiger partial charge in [0.25, 0.3) is 5.91 Å². The zero-order chi connectivity index (χ0) is 15.1. The first-order valence-corrected chi connectivity index (χ1v) is 6.27. The van der Waals surface area contributed by atoms with E-state index in [0.717, 1.165) is 0 Å². The molecule has 1 aromatic carbocycles. The van der Waals surface area contributed by atoms with Gasteiger partial charge in [0.2, 0.25) is 0 Å². The molecule has 0 aromatic heterocycles. The number of aliphatic hydroxyl groups is 1. The highest BCUT2D eigenvalue weighted by Crippen LogP contribution is 2.39. The Balaban J connectivity index is 2.59. The van der Waals surface area contributed by atoms with Crippen molar-refractivity contribution in [3.05, 3.63) is 23.8 Å². The number of nitrogens with zero attached hydrogens (tertiary/aromatic N) is 1. The minimum atomic E-state index is -1.13. The van der Waals surface area contributed by atoms with Gasteiger partial charge in [0, 0.05) is 0 Å². The van der Waals surface area contributed by atoms with E-state index in [-0.39, 0.29) is 6.61 Å². The molecule has 1 amide bonds. The molecule has 0 fully saturated rings. The number of rotatable bonds is 3. The average molecular weight is 279 g/mol. The van der Waals surface area contributed by atoms with E-state index in [0.29, 0.717) is 17.0 Å². The summed E-state index contributed by atoms with van der Waals surface area (Å²) in [4.78, 5) is 24.9. The van der Waals surface area contributed by atoms with Gasteiger partial charge in [-0.15, -0.1) is 0 Å². The molecule has 1 heterocycles. The van der Waals surface area contributed by atoms with E-state index in [2.05, 4.69) is 0 Å². The smallest absolute Gasteiger partial charge is 0.326 e. The van der Waals surface area contributed by atoms with Crippen LogP contribution in [0.5, 0.6) is 5.75 Å². The molecule has 0 aliphatic carbocycles. The second-order valence-electron chi connectivity index (χ2n) is 5.26. The third kappa shape index (κ3) is 2.22. The first kappa shape index (κ1) is 14.3. The molecule has 108 valence electrons. The van der Waals surface area contributed by atoms with E-state index >= 15 is 0 Å². The molecule has 0 bridgehead atoms. The molecule has 1 unspecified atom stereocenters. The highest BCUT2D eigenvalue weighted by molar-refractivity contribution is 6.06. The molecule has 20 heavy (non-hydrogen) atoms. The first-order valence-electron chi connectivity index (χ1n) is 6.27. The molecule has 2 rings (SSSR count). The van der Waals surface area contributed by atoms with Gasteiger partial charge >= 0.3 is 5.97 Å². The summed E-state index contributed by atoms with van der Waals surface area (Å²) in [5.74, 6) is -1.09.